The predicted molar refractivity (Wildman–Crippen MR) is 82.1 cm³/mol. The summed E-state index contributed by atoms with van der Waals surface area (Å²) in [6, 6.07) is 7.34. The van der Waals surface area contributed by atoms with Gasteiger partial charge in [0.15, 0.2) is 0 Å². The van der Waals surface area contributed by atoms with Gasteiger partial charge in [0.1, 0.15) is 5.82 Å². The van der Waals surface area contributed by atoms with E-state index in [1.165, 1.54) is 0 Å². The first-order valence-electron chi connectivity index (χ1n) is 7.26. The summed E-state index contributed by atoms with van der Waals surface area (Å²) in [4.78, 5) is 16.1. The second-order valence-corrected chi connectivity index (χ2v) is 4.75. The van der Waals surface area contributed by atoms with Crippen molar-refractivity contribution >= 4 is 11.8 Å². The highest BCUT2D eigenvalue weighted by Gasteiger charge is 2.06. The van der Waals surface area contributed by atoms with Crippen LogP contribution in [0.1, 0.15) is 25.5 Å². The molecule has 6 heteroatoms. The number of nitrogens with zero attached hydrogens (tertiary/aromatic N) is 3. The number of urea groups is 1. The molecule has 0 saturated carbocycles. The van der Waals surface area contributed by atoms with Gasteiger partial charge in [0.05, 0.1) is 6.20 Å². The molecule has 0 fully saturated rings. The van der Waals surface area contributed by atoms with Crippen molar-refractivity contribution in [1.82, 2.24) is 20.1 Å². The van der Waals surface area contributed by atoms with Gasteiger partial charge in [-0.05, 0) is 18.6 Å². The number of anilines is 1. The highest BCUT2D eigenvalue weighted by molar-refractivity contribution is 5.88. The van der Waals surface area contributed by atoms with E-state index in [1.807, 2.05) is 22.9 Å². The van der Waals surface area contributed by atoms with Gasteiger partial charge in [0.25, 0.3) is 0 Å². The monoisotopic (exact) mass is 287 g/mol. The summed E-state index contributed by atoms with van der Waals surface area (Å²) >= 11 is 0. The molecule has 2 heterocycles. The normalized spacial score (nSPS) is 10.3. The molecule has 6 nitrogen and oxygen atoms in total. The summed E-state index contributed by atoms with van der Waals surface area (Å²) in [6.45, 7) is 3.49. The zero-order valence-electron chi connectivity index (χ0n) is 12.2. The van der Waals surface area contributed by atoms with Crippen LogP contribution in [0.2, 0.25) is 0 Å². The summed E-state index contributed by atoms with van der Waals surface area (Å²) in [6.07, 6.45) is 6.29. The van der Waals surface area contributed by atoms with Crippen molar-refractivity contribution in [3.63, 3.8) is 0 Å². The van der Waals surface area contributed by atoms with Crippen molar-refractivity contribution in [3.8, 4) is 0 Å². The highest BCUT2D eigenvalue weighted by Crippen LogP contribution is 2.07. The smallest absolute Gasteiger partial charge is 0.320 e. The van der Waals surface area contributed by atoms with Gasteiger partial charge in [-0.3, -0.25) is 10.3 Å². The zero-order chi connectivity index (χ0) is 14.9. The van der Waals surface area contributed by atoms with Crippen molar-refractivity contribution in [2.45, 2.75) is 32.7 Å². The Morgan fingerprint density at radius 2 is 2.19 bits per heavy atom. The van der Waals surface area contributed by atoms with Crippen molar-refractivity contribution in [2.75, 3.05) is 11.9 Å². The van der Waals surface area contributed by atoms with Crippen molar-refractivity contribution in [2.24, 2.45) is 0 Å². The second kappa shape index (κ2) is 8.04. The molecule has 0 aliphatic rings. The molecule has 0 unspecified atom stereocenters. The number of carbonyl (C=O) groups is 1. The first kappa shape index (κ1) is 15.0. The average Bonchev–Trinajstić information content (AvgIpc) is 2.93. The Labute approximate surface area is 124 Å². The fourth-order valence-electron chi connectivity index (χ4n) is 1.94. The van der Waals surface area contributed by atoms with Gasteiger partial charge in [0.2, 0.25) is 0 Å². The number of unbranched alkanes of at least 4 members (excludes halogenated alkanes) is 1. The molecule has 0 aliphatic heterocycles. The van der Waals surface area contributed by atoms with Gasteiger partial charge in [-0.1, -0.05) is 19.4 Å². The molecule has 21 heavy (non-hydrogen) atoms. The van der Waals surface area contributed by atoms with E-state index in [0.29, 0.717) is 13.0 Å². The van der Waals surface area contributed by atoms with Gasteiger partial charge < -0.3 is 5.32 Å². The summed E-state index contributed by atoms with van der Waals surface area (Å²) in [5.41, 5.74) is 0.964. The van der Waals surface area contributed by atoms with E-state index in [9.17, 15) is 4.79 Å². The van der Waals surface area contributed by atoms with E-state index in [4.69, 9.17) is 0 Å². The van der Waals surface area contributed by atoms with Crippen LogP contribution in [0, 0.1) is 0 Å². The summed E-state index contributed by atoms with van der Waals surface area (Å²) in [7, 11) is 0. The third kappa shape index (κ3) is 4.91. The molecule has 2 N–H and O–H groups in total. The molecular formula is C15H21N5O. The van der Waals surface area contributed by atoms with Crippen LogP contribution >= 0.6 is 0 Å². The molecule has 2 amide bonds. The molecule has 112 valence electrons. The molecule has 0 radical (unpaired) electrons. The van der Waals surface area contributed by atoms with Gasteiger partial charge in [0, 0.05) is 37.5 Å². The third-order valence-corrected chi connectivity index (χ3v) is 3.07. The van der Waals surface area contributed by atoms with Gasteiger partial charge in [-0.15, -0.1) is 0 Å². The molecule has 0 atom stereocenters. The standard InChI is InChI=1S/C15H21N5O/c1-2-3-12-20-14(8-11-18-20)19-15(21)17-10-7-13-6-4-5-9-16-13/h4-6,8-9,11H,2-3,7,10,12H2,1H3,(H2,17,19,21). The fraction of sp³-hybridized carbons (Fsp3) is 0.400. The van der Waals surface area contributed by atoms with E-state index in [1.54, 1.807) is 18.5 Å². The number of rotatable bonds is 7. The minimum absolute atomic E-state index is 0.218. The third-order valence-electron chi connectivity index (χ3n) is 3.07. The average molecular weight is 287 g/mol. The minimum atomic E-state index is -0.218. The molecular weight excluding hydrogens is 266 g/mol. The molecule has 2 aromatic rings. The van der Waals surface area contributed by atoms with E-state index >= 15 is 0 Å². The van der Waals surface area contributed by atoms with Crippen LogP contribution in [0.3, 0.4) is 0 Å². The lowest BCUT2D eigenvalue weighted by Crippen LogP contribution is -2.31. The van der Waals surface area contributed by atoms with E-state index in [-0.39, 0.29) is 6.03 Å². The fourth-order valence-corrected chi connectivity index (χ4v) is 1.94. The van der Waals surface area contributed by atoms with E-state index in [0.717, 1.165) is 30.9 Å². The molecule has 0 saturated heterocycles. The minimum Gasteiger partial charge on any atom is -0.337 e. The number of aromatic nitrogens is 3. The zero-order valence-corrected chi connectivity index (χ0v) is 12.2. The molecule has 2 aromatic heterocycles. The summed E-state index contributed by atoms with van der Waals surface area (Å²) in [5.74, 6) is 0.721. The van der Waals surface area contributed by atoms with Crippen LogP contribution in [0.5, 0.6) is 0 Å². The number of aryl methyl sites for hydroxylation is 1. The maximum atomic E-state index is 11.8. The number of nitrogens with one attached hydrogen (secondary N) is 2. The summed E-state index contributed by atoms with van der Waals surface area (Å²) < 4.78 is 1.81. The molecule has 2 rings (SSSR count). The molecule has 0 spiro atoms. The van der Waals surface area contributed by atoms with Crippen LogP contribution in [-0.2, 0) is 13.0 Å². The Balaban J connectivity index is 1.75. The van der Waals surface area contributed by atoms with Crippen LogP contribution in [0.15, 0.2) is 36.7 Å². The number of hydrogen-bond acceptors (Lipinski definition) is 3. The quantitative estimate of drug-likeness (QED) is 0.821. The Morgan fingerprint density at radius 1 is 1.29 bits per heavy atom. The Bertz CT molecular complexity index is 552. The second-order valence-electron chi connectivity index (χ2n) is 4.75. The van der Waals surface area contributed by atoms with Crippen LogP contribution in [0.25, 0.3) is 0 Å². The Morgan fingerprint density at radius 3 is 2.95 bits per heavy atom. The molecule has 0 bridgehead atoms. The van der Waals surface area contributed by atoms with Crippen LogP contribution in [0.4, 0.5) is 10.6 Å². The first-order chi connectivity index (χ1) is 10.3. The first-order valence-corrected chi connectivity index (χ1v) is 7.26. The highest BCUT2D eigenvalue weighted by atomic mass is 16.2. The maximum Gasteiger partial charge on any atom is 0.320 e. The largest absolute Gasteiger partial charge is 0.337 e. The molecule has 0 aliphatic carbocycles. The lowest BCUT2D eigenvalue weighted by Gasteiger charge is -2.09. The van der Waals surface area contributed by atoms with Crippen molar-refractivity contribution < 1.29 is 4.79 Å². The van der Waals surface area contributed by atoms with E-state index in [2.05, 4.69) is 27.6 Å². The number of pyridine rings is 1. The Kier molecular flexibility index (Phi) is 5.75. The number of hydrogen-bond donors (Lipinski definition) is 2. The van der Waals surface area contributed by atoms with E-state index < -0.39 is 0 Å². The van der Waals surface area contributed by atoms with Crippen molar-refractivity contribution in [3.05, 3.63) is 42.4 Å². The van der Waals surface area contributed by atoms with Gasteiger partial charge in [-0.25, -0.2) is 9.48 Å². The topological polar surface area (TPSA) is 71.8 Å². The lowest BCUT2D eigenvalue weighted by atomic mass is 10.3. The number of amides is 2. The van der Waals surface area contributed by atoms with Crippen molar-refractivity contribution in [1.29, 1.82) is 0 Å². The SMILES string of the molecule is CCCCn1nccc1NC(=O)NCCc1ccccn1. The molecule has 0 aromatic carbocycles. The van der Waals surface area contributed by atoms with Crippen LogP contribution < -0.4 is 10.6 Å². The predicted octanol–water partition coefficient (Wildman–Crippen LogP) is 2.44. The van der Waals surface area contributed by atoms with Crippen LogP contribution in [-0.4, -0.2) is 27.3 Å². The number of carbonyl (C=O) groups excluding carboxylic acids is 1. The summed E-state index contributed by atoms with van der Waals surface area (Å²) in [5, 5.41) is 9.84. The van der Waals surface area contributed by atoms with Gasteiger partial charge >= 0.3 is 6.03 Å². The Hall–Kier alpha value is -2.37. The maximum absolute atomic E-state index is 11.8. The van der Waals surface area contributed by atoms with Gasteiger partial charge in [-0.2, -0.15) is 5.10 Å². The lowest BCUT2D eigenvalue weighted by molar-refractivity contribution is 0.252.